The van der Waals surface area contributed by atoms with Crippen LogP contribution in [0.3, 0.4) is 0 Å². The molecule has 1 aromatic heterocycles. The molecule has 7 heteroatoms. The molecule has 1 aromatic carbocycles. The highest BCUT2D eigenvalue weighted by molar-refractivity contribution is 8.14. The van der Waals surface area contributed by atoms with Gasteiger partial charge in [-0.1, -0.05) is 23.7 Å². The number of hydrogen-bond acceptors (Lipinski definition) is 5. The van der Waals surface area contributed by atoms with Crippen LogP contribution in [-0.2, 0) is 7.05 Å². The third-order valence-electron chi connectivity index (χ3n) is 1.83. The van der Waals surface area contributed by atoms with E-state index in [1.165, 1.54) is 4.68 Å². The van der Waals surface area contributed by atoms with Crippen molar-refractivity contribution >= 4 is 28.5 Å². The number of aryl methyl sites for hydroxylation is 1. The molecule has 0 saturated heterocycles. The van der Waals surface area contributed by atoms with Gasteiger partial charge in [-0.05, 0) is 34.3 Å². The van der Waals surface area contributed by atoms with E-state index in [1.807, 2.05) is 0 Å². The average molecular weight is 255 g/mol. The number of carbonyl (C=O) groups is 1. The molecule has 0 bridgehead atoms. The van der Waals surface area contributed by atoms with Gasteiger partial charge < -0.3 is 0 Å². The summed E-state index contributed by atoms with van der Waals surface area (Å²) in [5.74, 6) is 0. The van der Waals surface area contributed by atoms with Crippen LogP contribution >= 0.6 is 23.4 Å². The van der Waals surface area contributed by atoms with Crippen molar-refractivity contribution < 1.29 is 4.79 Å². The van der Waals surface area contributed by atoms with E-state index < -0.39 is 0 Å². The van der Waals surface area contributed by atoms with Crippen LogP contribution in [0.5, 0.6) is 0 Å². The third-order valence-corrected chi connectivity index (χ3v) is 3.01. The Morgan fingerprint density at radius 1 is 1.50 bits per heavy atom. The lowest BCUT2D eigenvalue weighted by atomic mass is 10.2. The molecular formula is C9H7ClN4OS. The van der Waals surface area contributed by atoms with Gasteiger partial charge in [0.25, 0.3) is 0 Å². The summed E-state index contributed by atoms with van der Waals surface area (Å²) < 4.78 is 1.44. The summed E-state index contributed by atoms with van der Waals surface area (Å²) in [6, 6.07) is 6.75. The van der Waals surface area contributed by atoms with E-state index >= 15 is 0 Å². The second kappa shape index (κ2) is 4.63. The van der Waals surface area contributed by atoms with Crippen molar-refractivity contribution in [3.05, 3.63) is 34.9 Å². The van der Waals surface area contributed by atoms with Gasteiger partial charge in [0, 0.05) is 17.6 Å². The molecule has 1 heterocycles. The molecule has 0 saturated carbocycles. The first kappa shape index (κ1) is 11.1. The van der Waals surface area contributed by atoms with E-state index in [-0.39, 0.29) is 5.12 Å². The van der Waals surface area contributed by atoms with Gasteiger partial charge in [0.1, 0.15) is 0 Å². The largest absolute Gasteiger partial charge is 0.281 e. The molecule has 0 radical (unpaired) electrons. The molecule has 0 unspecified atom stereocenters. The number of aromatic nitrogens is 4. The van der Waals surface area contributed by atoms with Crippen LogP contribution in [0.1, 0.15) is 10.4 Å². The van der Waals surface area contributed by atoms with Gasteiger partial charge >= 0.3 is 0 Å². The first-order chi connectivity index (χ1) is 7.66. The highest BCUT2D eigenvalue weighted by Crippen LogP contribution is 2.21. The van der Waals surface area contributed by atoms with Gasteiger partial charge in [0.05, 0.1) is 0 Å². The lowest BCUT2D eigenvalue weighted by Crippen LogP contribution is -1.98. The summed E-state index contributed by atoms with van der Waals surface area (Å²) in [5.41, 5.74) is 0.528. The Bertz CT molecular complexity index is 528. The molecule has 2 aromatic rings. The summed E-state index contributed by atoms with van der Waals surface area (Å²) in [6.07, 6.45) is 0. The van der Waals surface area contributed by atoms with E-state index in [9.17, 15) is 4.79 Å². The minimum absolute atomic E-state index is 0.139. The second-order valence-electron chi connectivity index (χ2n) is 2.98. The summed E-state index contributed by atoms with van der Waals surface area (Å²) in [7, 11) is 1.67. The number of tetrazole rings is 1. The summed E-state index contributed by atoms with van der Waals surface area (Å²) >= 11 is 6.76. The molecule has 16 heavy (non-hydrogen) atoms. The topological polar surface area (TPSA) is 60.7 Å². The van der Waals surface area contributed by atoms with Crippen molar-refractivity contribution in [1.82, 2.24) is 20.2 Å². The zero-order valence-corrected chi connectivity index (χ0v) is 9.87. The predicted molar refractivity (Wildman–Crippen MR) is 60.4 cm³/mol. The van der Waals surface area contributed by atoms with E-state index in [2.05, 4.69) is 15.5 Å². The molecule has 82 valence electrons. The van der Waals surface area contributed by atoms with Gasteiger partial charge in [-0.15, -0.1) is 5.10 Å². The van der Waals surface area contributed by atoms with Crippen molar-refractivity contribution in [2.75, 3.05) is 0 Å². The number of halogens is 1. The van der Waals surface area contributed by atoms with E-state index in [0.717, 1.165) is 11.8 Å². The van der Waals surface area contributed by atoms with Gasteiger partial charge in [-0.2, -0.15) is 0 Å². The first-order valence-electron chi connectivity index (χ1n) is 4.37. The van der Waals surface area contributed by atoms with Crippen molar-refractivity contribution in [2.24, 2.45) is 7.05 Å². The average Bonchev–Trinajstić information content (AvgIpc) is 2.64. The van der Waals surface area contributed by atoms with E-state index in [1.54, 1.807) is 31.3 Å². The van der Waals surface area contributed by atoms with Crippen LogP contribution in [0.4, 0.5) is 0 Å². The quantitative estimate of drug-likeness (QED) is 0.765. The molecule has 0 amide bonds. The van der Waals surface area contributed by atoms with Crippen molar-refractivity contribution in [2.45, 2.75) is 5.16 Å². The van der Waals surface area contributed by atoms with Crippen LogP contribution in [0.25, 0.3) is 0 Å². The fraction of sp³-hybridized carbons (Fsp3) is 0.111. The van der Waals surface area contributed by atoms with Crippen LogP contribution in [0.15, 0.2) is 29.4 Å². The molecule has 5 nitrogen and oxygen atoms in total. The van der Waals surface area contributed by atoms with Gasteiger partial charge in [-0.25, -0.2) is 4.68 Å². The number of thioether (sulfide) groups is 1. The van der Waals surface area contributed by atoms with Crippen LogP contribution in [0, 0.1) is 0 Å². The van der Waals surface area contributed by atoms with Crippen LogP contribution in [0.2, 0.25) is 5.02 Å². The first-order valence-corrected chi connectivity index (χ1v) is 5.56. The number of hydrogen-bond donors (Lipinski definition) is 0. The van der Waals surface area contributed by atoms with Gasteiger partial charge in [0.15, 0.2) is 0 Å². The Hall–Kier alpha value is -1.40. The minimum Gasteiger partial charge on any atom is -0.281 e. The van der Waals surface area contributed by atoms with Gasteiger partial charge in [-0.3, -0.25) is 4.79 Å². The Balaban J connectivity index is 2.18. The maximum absolute atomic E-state index is 11.8. The summed E-state index contributed by atoms with van der Waals surface area (Å²) in [5, 5.41) is 11.6. The maximum Gasteiger partial charge on any atom is 0.227 e. The third kappa shape index (κ3) is 2.40. The Kier molecular flexibility index (Phi) is 3.21. The molecular weight excluding hydrogens is 248 g/mol. The van der Waals surface area contributed by atoms with Crippen LogP contribution < -0.4 is 0 Å². The molecule has 0 aliphatic heterocycles. The second-order valence-corrected chi connectivity index (χ2v) is 4.36. The normalized spacial score (nSPS) is 10.4. The van der Waals surface area contributed by atoms with Crippen molar-refractivity contribution in [1.29, 1.82) is 0 Å². The molecule has 0 N–H and O–H groups in total. The molecule has 2 rings (SSSR count). The predicted octanol–water partition coefficient (Wildman–Crippen LogP) is 1.80. The van der Waals surface area contributed by atoms with E-state index in [0.29, 0.717) is 15.7 Å². The number of nitrogens with zero attached hydrogens (tertiary/aromatic N) is 4. The van der Waals surface area contributed by atoms with Crippen molar-refractivity contribution in [3.8, 4) is 0 Å². The molecule has 0 aliphatic carbocycles. The highest BCUT2D eigenvalue weighted by atomic mass is 35.5. The Labute approximate surface area is 101 Å². The SMILES string of the molecule is Cn1nnnc1SC(=O)c1cccc(Cl)c1. The fourth-order valence-corrected chi connectivity index (χ4v) is 1.91. The zero-order valence-electron chi connectivity index (χ0n) is 8.29. The van der Waals surface area contributed by atoms with Gasteiger partial charge in [0.2, 0.25) is 10.3 Å². The van der Waals surface area contributed by atoms with Crippen LogP contribution in [-0.4, -0.2) is 25.3 Å². The maximum atomic E-state index is 11.8. The zero-order chi connectivity index (χ0) is 11.5. The lowest BCUT2D eigenvalue weighted by Gasteiger charge is -1.99. The standard InChI is InChI=1S/C9H7ClN4OS/c1-14-9(11-12-13-14)16-8(15)6-3-2-4-7(10)5-6/h2-5H,1H3. The Morgan fingerprint density at radius 3 is 2.94 bits per heavy atom. The minimum atomic E-state index is -0.139. The number of benzene rings is 1. The van der Waals surface area contributed by atoms with E-state index in [4.69, 9.17) is 11.6 Å². The molecule has 0 spiro atoms. The van der Waals surface area contributed by atoms with Crippen molar-refractivity contribution in [3.63, 3.8) is 0 Å². The smallest absolute Gasteiger partial charge is 0.227 e. The monoisotopic (exact) mass is 254 g/mol. The Morgan fingerprint density at radius 2 is 2.31 bits per heavy atom. The molecule has 0 aliphatic rings. The lowest BCUT2D eigenvalue weighted by molar-refractivity contribution is 0.108. The number of rotatable bonds is 2. The summed E-state index contributed by atoms with van der Waals surface area (Å²) in [4.78, 5) is 11.8. The fourth-order valence-electron chi connectivity index (χ4n) is 1.06. The molecule has 0 fully saturated rings. The summed E-state index contributed by atoms with van der Waals surface area (Å²) in [6.45, 7) is 0. The molecule has 0 atom stereocenters. The number of carbonyl (C=O) groups excluding carboxylic acids is 1. The highest BCUT2D eigenvalue weighted by Gasteiger charge is 2.12.